The van der Waals surface area contributed by atoms with E-state index in [9.17, 15) is 24.0 Å². The molecule has 14 heteroatoms. The van der Waals surface area contributed by atoms with Crippen molar-refractivity contribution in [3.8, 4) is 0 Å². The highest BCUT2D eigenvalue weighted by molar-refractivity contribution is 6.02. The predicted octanol–water partition coefficient (Wildman–Crippen LogP) is 6.94. The summed E-state index contributed by atoms with van der Waals surface area (Å²) in [5.41, 5.74) is 3.86. The maximum absolute atomic E-state index is 13.9. The first-order valence-electron chi connectivity index (χ1n) is 20.5. The number of rotatable bonds is 15. The third kappa shape index (κ3) is 12.9. The Hall–Kier alpha value is -6.70. The van der Waals surface area contributed by atoms with Crippen molar-refractivity contribution >= 4 is 36.2 Å². The van der Waals surface area contributed by atoms with Crippen molar-refractivity contribution in [2.75, 3.05) is 39.3 Å². The lowest BCUT2D eigenvalue weighted by Gasteiger charge is -2.48. The number of carbonyl (C=O) groups is 5. The van der Waals surface area contributed by atoms with Crippen molar-refractivity contribution in [2.24, 2.45) is 10.9 Å². The highest BCUT2D eigenvalue weighted by Crippen LogP contribution is 2.35. The molecule has 2 aliphatic rings. The highest BCUT2D eigenvalue weighted by atomic mass is 16.6. The van der Waals surface area contributed by atoms with E-state index < -0.39 is 24.2 Å². The number of aliphatic imine (C=N–C) groups is 1. The summed E-state index contributed by atoms with van der Waals surface area (Å²) in [6.07, 6.45) is 1.61. The van der Waals surface area contributed by atoms with Gasteiger partial charge in [-0.25, -0.2) is 19.2 Å². The normalized spacial score (nSPS) is 15.9. The number of β-lactam (4-membered cyclic amide) rings is 1. The third-order valence-electron chi connectivity index (χ3n) is 10.4. The molecule has 60 heavy (non-hydrogen) atoms. The SMILES string of the molecule is O=C(NC(=NCCCC1C(=O)N(C(=O)N2CCN(C(=O)OCCCc3ccccc3)CC2)C1CCc1ccccc1)NC(=O)OCc1ccccc1)OCc1ccccc1. The van der Waals surface area contributed by atoms with Crippen LogP contribution in [-0.4, -0.2) is 96.2 Å². The highest BCUT2D eigenvalue weighted by Gasteiger charge is 2.51. The molecule has 2 N–H and O–H groups in total. The Labute approximate surface area is 350 Å². The first-order chi connectivity index (χ1) is 29.3. The van der Waals surface area contributed by atoms with Crippen LogP contribution in [0.5, 0.6) is 0 Å². The number of hydrogen-bond acceptors (Lipinski definition) is 9. The Kier molecular flexibility index (Phi) is 16.0. The standard InChI is InChI=1S/C46H52N6O8/c53-41-39(24-13-27-47-42(48-43(54)59-33-37-19-9-3-10-20-37)49-44(55)60-34-38-21-11-4-12-22-38)40(26-25-36-17-7-2-8-18-36)52(41)45(56)50-28-30-51(31-29-50)46(57)58-32-14-23-35-15-5-1-6-16-35/h1-12,15-22,39-40H,13-14,23-34H2,(H2,47,48,49,54,55). The number of urea groups is 1. The minimum atomic E-state index is -0.818. The summed E-state index contributed by atoms with van der Waals surface area (Å²) in [4.78, 5) is 74.8. The van der Waals surface area contributed by atoms with Crippen molar-refractivity contribution in [2.45, 2.75) is 57.8 Å². The zero-order chi connectivity index (χ0) is 41.9. The second-order valence-electron chi connectivity index (χ2n) is 14.6. The fourth-order valence-corrected chi connectivity index (χ4v) is 7.17. The van der Waals surface area contributed by atoms with E-state index in [0.717, 1.165) is 23.1 Å². The van der Waals surface area contributed by atoms with Crippen LogP contribution in [0.2, 0.25) is 0 Å². The molecule has 4 aromatic carbocycles. The van der Waals surface area contributed by atoms with Crippen LogP contribution in [0.4, 0.5) is 19.2 Å². The average Bonchev–Trinajstić information content (AvgIpc) is 3.28. The van der Waals surface area contributed by atoms with Gasteiger partial charge in [-0.2, -0.15) is 0 Å². The number of nitrogens with zero attached hydrogens (tertiary/aromatic N) is 4. The van der Waals surface area contributed by atoms with Crippen molar-refractivity contribution in [1.82, 2.24) is 25.3 Å². The Morgan fingerprint density at radius 2 is 1.07 bits per heavy atom. The first kappa shape index (κ1) is 42.9. The summed E-state index contributed by atoms with van der Waals surface area (Å²) in [5, 5.41) is 4.99. The largest absolute Gasteiger partial charge is 0.449 e. The lowest BCUT2D eigenvalue weighted by atomic mass is 9.80. The van der Waals surface area contributed by atoms with Gasteiger partial charge in [0.05, 0.1) is 18.6 Å². The number of benzene rings is 4. The van der Waals surface area contributed by atoms with E-state index >= 15 is 0 Å². The zero-order valence-corrected chi connectivity index (χ0v) is 33.7. The van der Waals surface area contributed by atoms with Gasteiger partial charge in [-0.15, -0.1) is 0 Å². The summed E-state index contributed by atoms with van der Waals surface area (Å²) >= 11 is 0. The molecule has 0 aliphatic carbocycles. The van der Waals surface area contributed by atoms with Gasteiger partial charge in [0.25, 0.3) is 0 Å². The van der Waals surface area contributed by atoms with Crippen LogP contribution in [0.1, 0.15) is 47.9 Å². The second-order valence-corrected chi connectivity index (χ2v) is 14.6. The van der Waals surface area contributed by atoms with Gasteiger partial charge in [-0.05, 0) is 60.8 Å². The molecule has 14 nitrogen and oxygen atoms in total. The molecule has 6 amide bonds. The maximum Gasteiger partial charge on any atom is 0.414 e. The van der Waals surface area contributed by atoms with Crippen LogP contribution in [-0.2, 0) is 45.1 Å². The number of hydrogen-bond donors (Lipinski definition) is 2. The number of amides is 6. The molecular formula is C46H52N6O8. The van der Waals surface area contributed by atoms with Gasteiger partial charge in [0.15, 0.2) is 0 Å². The number of guanidine groups is 1. The monoisotopic (exact) mass is 816 g/mol. The quantitative estimate of drug-likeness (QED) is 0.0429. The van der Waals surface area contributed by atoms with E-state index in [1.165, 1.54) is 10.5 Å². The molecule has 314 valence electrons. The summed E-state index contributed by atoms with van der Waals surface area (Å²) in [6, 6.07) is 37.6. The maximum atomic E-state index is 13.9. The number of nitrogens with one attached hydrogen (secondary N) is 2. The second kappa shape index (κ2) is 22.4. The molecule has 0 bridgehead atoms. The number of imide groups is 1. The number of aryl methyl sites for hydroxylation is 2. The van der Waals surface area contributed by atoms with E-state index in [2.05, 4.69) is 15.6 Å². The van der Waals surface area contributed by atoms with Crippen molar-refractivity contribution in [3.05, 3.63) is 144 Å². The van der Waals surface area contributed by atoms with Crippen LogP contribution in [0, 0.1) is 5.92 Å². The number of ether oxygens (including phenoxy) is 3. The topological polar surface area (TPSA) is 159 Å². The Bertz CT molecular complexity index is 1970. The van der Waals surface area contributed by atoms with Gasteiger partial charge in [-0.1, -0.05) is 121 Å². The molecule has 2 atom stereocenters. The molecule has 4 aromatic rings. The van der Waals surface area contributed by atoms with E-state index in [4.69, 9.17) is 14.2 Å². The fourth-order valence-electron chi connectivity index (χ4n) is 7.17. The Balaban J connectivity index is 1.02. The molecule has 0 spiro atoms. The van der Waals surface area contributed by atoms with Crippen LogP contribution < -0.4 is 10.6 Å². The molecular weight excluding hydrogens is 765 g/mol. The molecule has 0 radical (unpaired) electrons. The Morgan fingerprint density at radius 3 is 1.60 bits per heavy atom. The summed E-state index contributed by atoms with van der Waals surface area (Å²) < 4.78 is 16.2. The van der Waals surface area contributed by atoms with Crippen LogP contribution in [0.25, 0.3) is 0 Å². The Morgan fingerprint density at radius 1 is 0.583 bits per heavy atom. The molecule has 2 fully saturated rings. The first-order valence-corrected chi connectivity index (χ1v) is 20.5. The molecule has 2 saturated heterocycles. The smallest absolute Gasteiger partial charge is 0.414 e. The molecule has 6 rings (SSSR count). The van der Waals surface area contributed by atoms with E-state index in [1.807, 2.05) is 121 Å². The number of alkyl carbamates (subject to hydrolysis) is 2. The molecule has 2 heterocycles. The average molecular weight is 817 g/mol. The zero-order valence-electron chi connectivity index (χ0n) is 33.7. The molecule has 2 unspecified atom stereocenters. The summed E-state index contributed by atoms with van der Waals surface area (Å²) in [6.45, 7) is 1.69. The van der Waals surface area contributed by atoms with Crippen LogP contribution in [0.15, 0.2) is 126 Å². The van der Waals surface area contributed by atoms with Gasteiger partial charge < -0.3 is 24.0 Å². The number of piperazine rings is 1. The minimum Gasteiger partial charge on any atom is -0.449 e. The minimum absolute atomic E-state index is 0.0135. The van der Waals surface area contributed by atoms with Crippen LogP contribution >= 0.6 is 0 Å². The molecule has 2 aliphatic heterocycles. The van der Waals surface area contributed by atoms with E-state index in [-0.39, 0.29) is 56.8 Å². The van der Waals surface area contributed by atoms with Gasteiger partial charge in [0.2, 0.25) is 11.9 Å². The summed E-state index contributed by atoms with van der Waals surface area (Å²) in [7, 11) is 0. The molecule has 0 saturated carbocycles. The number of carbonyl (C=O) groups excluding carboxylic acids is 5. The summed E-state index contributed by atoms with van der Waals surface area (Å²) in [5.74, 6) is -0.831. The number of likely N-dealkylation sites (tertiary alicyclic amines) is 1. The van der Waals surface area contributed by atoms with Crippen molar-refractivity contribution < 1.29 is 38.2 Å². The third-order valence-corrected chi connectivity index (χ3v) is 10.4. The van der Waals surface area contributed by atoms with Gasteiger partial charge in [0, 0.05) is 32.7 Å². The van der Waals surface area contributed by atoms with Crippen molar-refractivity contribution in [1.29, 1.82) is 0 Å². The lowest BCUT2D eigenvalue weighted by molar-refractivity contribution is -0.152. The lowest BCUT2D eigenvalue weighted by Crippen LogP contribution is -2.67. The van der Waals surface area contributed by atoms with E-state index in [1.54, 1.807) is 9.80 Å². The predicted molar refractivity (Wildman–Crippen MR) is 225 cm³/mol. The van der Waals surface area contributed by atoms with Gasteiger partial charge in [-0.3, -0.25) is 25.3 Å². The fraction of sp³-hybridized carbons (Fsp3) is 0.348. The molecule has 0 aromatic heterocycles. The van der Waals surface area contributed by atoms with Gasteiger partial charge in [0.1, 0.15) is 13.2 Å². The van der Waals surface area contributed by atoms with Crippen molar-refractivity contribution in [3.63, 3.8) is 0 Å². The van der Waals surface area contributed by atoms with E-state index in [0.29, 0.717) is 51.8 Å². The van der Waals surface area contributed by atoms with Gasteiger partial charge >= 0.3 is 24.3 Å². The van der Waals surface area contributed by atoms with Crippen LogP contribution in [0.3, 0.4) is 0 Å².